The number of amides is 1. The summed E-state index contributed by atoms with van der Waals surface area (Å²) in [5, 5.41) is 6.14. The van der Waals surface area contributed by atoms with Crippen molar-refractivity contribution in [1.29, 1.82) is 0 Å². The molecule has 1 amide bonds. The lowest BCUT2D eigenvalue weighted by Crippen LogP contribution is -2.31. The number of aromatic nitrogens is 3. The number of nitrogens with one attached hydrogen (secondary N) is 1. The molecule has 200 valence electrons. The van der Waals surface area contributed by atoms with Gasteiger partial charge in [0.2, 0.25) is 0 Å². The molecule has 8 heteroatoms. The minimum atomic E-state index is -1.17. The Labute approximate surface area is 226 Å². The summed E-state index contributed by atoms with van der Waals surface area (Å²) in [6.45, 7) is 11.5. The average molecular weight is 530 g/mol. The number of carbonyl (C=O) groups excluding carboxylic acids is 1. The fraction of sp³-hybridized carbons (Fsp3) is 0.433. The highest BCUT2D eigenvalue weighted by Gasteiger charge is 2.25. The summed E-state index contributed by atoms with van der Waals surface area (Å²) in [5.74, 6) is 0.364. The molecule has 1 fully saturated rings. The van der Waals surface area contributed by atoms with Gasteiger partial charge in [-0.3, -0.25) is 14.7 Å². The van der Waals surface area contributed by atoms with Crippen LogP contribution in [0.2, 0.25) is 25.7 Å². The van der Waals surface area contributed by atoms with Crippen LogP contribution in [0.25, 0.3) is 21.7 Å². The fourth-order valence-electron chi connectivity index (χ4n) is 5.31. The number of likely N-dealkylation sites (tertiary alicyclic amines) is 1. The first-order valence-electron chi connectivity index (χ1n) is 13.6. The minimum Gasteiger partial charge on any atom is -0.361 e. The molecule has 1 atom stereocenters. The highest BCUT2D eigenvalue weighted by Crippen LogP contribution is 2.34. The molecule has 38 heavy (non-hydrogen) atoms. The molecule has 0 aliphatic carbocycles. The number of anilines is 1. The number of nitrogens with zero attached hydrogens (tertiary/aromatic N) is 4. The number of ether oxygens (including phenoxy) is 1. The summed E-state index contributed by atoms with van der Waals surface area (Å²) in [6.07, 6.45) is 7.24. The molecule has 4 aromatic rings. The van der Waals surface area contributed by atoms with Crippen LogP contribution in [0.4, 0.5) is 5.82 Å². The Morgan fingerprint density at radius 2 is 1.95 bits per heavy atom. The molecule has 7 nitrogen and oxygen atoms in total. The third-order valence-electron chi connectivity index (χ3n) is 7.61. The second-order valence-corrected chi connectivity index (χ2v) is 17.4. The SMILES string of the molecule is Cc1nccc2cc(C(=O)Nc3cc4c(cn3)cc([C@H]3CCCCN3C)n4COCC[Si](C)(C)C)ccc12. The quantitative estimate of drug-likeness (QED) is 0.205. The number of hydrogen-bond acceptors (Lipinski definition) is 5. The summed E-state index contributed by atoms with van der Waals surface area (Å²) in [4.78, 5) is 24.5. The smallest absolute Gasteiger partial charge is 0.256 e. The number of carbonyl (C=O) groups is 1. The molecule has 1 N–H and O–H groups in total. The maximum atomic E-state index is 13.2. The van der Waals surface area contributed by atoms with Gasteiger partial charge in [-0.05, 0) is 69.1 Å². The molecule has 0 radical (unpaired) electrons. The van der Waals surface area contributed by atoms with Crippen molar-refractivity contribution in [2.24, 2.45) is 0 Å². The van der Waals surface area contributed by atoms with Crippen molar-refractivity contribution in [3.05, 3.63) is 65.7 Å². The van der Waals surface area contributed by atoms with E-state index in [1.807, 2.05) is 43.5 Å². The number of hydrogen-bond donors (Lipinski definition) is 1. The van der Waals surface area contributed by atoms with Gasteiger partial charge in [0, 0.05) is 66.9 Å². The van der Waals surface area contributed by atoms with Gasteiger partial charge in [-0.25, -0.2) is 4.98 Å². The highest BCUT2D eigenvalue weighted by molar-refractivity contribution is 6.76. The number of piperidine rings is 1. The maximum absolute atomic E-state index is 13.2. The number of fused-ring (bicyclic) bond motifs is 2. The lowest BCUT2D eigenvalue weighted by atomic mass is 10.00. The van der Waals surface area contributed by atoms with E-state index >= 15 is 0 Å². The molecule has 4 heterocycles. The Bertz CT molecular complexity index is 1460. The van der Waals surface area contributed by atoms with Crippen LogP contribution >= 0.6 is 0 Å². The van der Waals surface area contributed by atoms with Gasteiger partial charge in [0.1, 0.15) is 12.5 Å². The van der Waals surface area contributed by atoms with E-state index in [2.05, 4.69) is 57.5 Å². The normalized spacial score (nSPS) is 16.8. The van der Waals surface area contributed by atoms with Crippen LogP contribution in [-0.4, -0.2) is 53.6 Å². The fourth-order valence-corrected chi connectivity index (χ4v) is 6.06. The van der Waals surface area contributed by atoms with Gasteiger partial charge in [0.15, 0.2) is 0 Å². The molecule has 1 aliphatic rings. The molecular weight excluding hydrogens is 490 g/mol. The molecule has 0 unspecified atom stereocenters. The van der Waals surface area contributed by atoms with Crippen LogP contribution in [0.1, 0.15) is 47.1 Å². The maximum Gasteiger partial charge on any atom is 0.256 e. The van der Waals surface area contributed by atoms with Gasteiger partial charge in [-0.15, -0.1) is 0 Å². The molecule has 1 aliphatic heterocycles. The van der Waals surface area contributed by atoms with Crippen molar-refractivity contribution < 1.29 is 9.53 Å². The molecule has 1 aromatic carbocycles. The predicted octanol–water partition coefficient (Wildman–Crippen LogP) is 6.61. The second-order valence-electron chi connectivity index (χ2n) is 11.8. The van der Waals surface area contributed by atoms with Gasteiger partial charge in [-0.2, -0.15) is 0 Å². The molecule has 3 aromatic heterocycles. The van der Waals surface area contributed by atoms with E-state index in [1.54, 1.807) is 6.20 Å². The summed E-state index contributed by atoms with van der Waals surface area (Å²) in [7, 11) is 1.04. The predicted molar refractivity (Wildman–Crippen MR) is 157 cm³/mol. The first kappa shape index (κ1) is 26.5. The molecule has 0 bridgehead atoms. The summed E-state index contributed by atoms with van der Waals surface area (Å²) in [5.41, 5.74) is 3.85. The standard InChI is InChI=1S/C30H39N5O2Si/c1-21-25-10-9-23(16-22(25)11-12-31-21)30(36)33-29-18-27-24(19-32-29)17-28(26-8-6-7-13-34(26)2)35(27)20-37-14-15-38(3,4)5/h9-12,16-19,26H,6-8,13-15,20H2,1-5H3,(H,32,33,36)/t26-/m1/s1. The largest absolute Gasteiger partial charge is 0.361 e. The number of aryl methyl sites for hydroxylation is 1. The monoisotopic (exact) mass is 529 g/mol. The lowest BCUT2D eigenvalue weighted by molar-refractivity contribution is 0.0820. The summed E-state index contributed by atoms with van der Waals surface area (Å²) >= 11 is 0. The topological polar surface area (TPSA) is 72.3 Å². The number of pyridine rings is 2. The average Bonchev–Trinajstić information content (AvgIpc) is 3.23. The zero-order valence-electron chi connectivity index (χ0n) is 23.3. The van der Waals surface area contributed by atoms with Crippen molar-refractivity contribution in [2.75, 3.05) is 25.5 Å². The van der Waals surface area contributed by atoms with E-state index in [0.29, 0.717) is 24.2 Å². The van der Waals surface area contributed by atoms with E-state index in [1.165, 1.54) is 18.5 Å². The number of benzene rings is 1. The molecule has 0 spiro atoms. The Balaban J connectivity index is 1.43. The van der Waals surface area contributed by atoms with E-state index in [9.17, 15) is 4.79 Å². The van der Waals surface area contributed by atoms with Crippen molar-refractivity contribution in [3.8, 4) is 0 Å². The van der Waals surface area contributed by atoms with E-state index < -0.39 is 8.07 Å². The first-order valence-corrected chi connectivity index (χ1v) is 17.3. The van der Waals surface area contributed by atoms with Crippen molar-refractivity contribution in [1.82, 2.24) is 19.4 Å². The Morgan fingerprint density at radius 3 is 2.74 bits per heavy atom. The second kappa shape index (κ2) is 11.0. The summed E-state index contributed by atoms with van der Waals surface area (Å²) in [6, 6.07) is 13.4. The third-order valence-corrected chi connectivity index (χ3v) is 9.32. The van der Waals surface area contributed by atoms with Crippen LogP contribution in [0, 0.1) is 6.92 Å². The molecular formula is C30H39N5O2Si. The van der Waals surface area contributed by atoms with Crippen LogP contribution < -0.4 is 5.32 Å². The van der Waals surface area contributed by atoms with Crippen LogP contribution in [0.5, 0.6) is 0 Å². The van der Waals surface area contributed by atoms with E-state index in [0.717, 1.165) is 53.0 Å². The van der Waals surface area contributed by atoms with Gasteiger partial charge in [0.25, 0.3) is 5.91 Å². The van der Waals surface area contributed by atoms with Gasteiger partial charge in [-0.1, -0.05) is 32.1 Å². The Morgan fingerprint density at radius 1 is 1.11 bits per heavy atom. The highest BCUT2D eigenvalue weighted by atomic mass is 28.3. The first-order chi connectivity index (χ1) is 18.2. The van der Waals surface area contributed by atoms with Crippen molar-refractivity contribution >= 4 is 41.5 Å². The zero-order valence-corrected chi connectivity index (χ0v) is 24.3. The number of rotatable bonds is 8. The third kappa shape index (κ3) is 5.82. The van der Waals surface area contributed by atoms with Gasteiger partial charge < -0.3 is 14.6 Å². The van der Waals surface area contributed by atoms with Crippen LogP contribution in [0.3, 0.4) is 0 Å². The van der Waals surface area contributed by atoms with Crippen molar-refractivity contribution in [3.63, 3.8) is 0 Å². The van der Waals surface area contributed by atoms with Crippen LogP contribution in [0.15, 0.2) is 48.8 Å². The van der Waals surface area contributed by atoms with Crippen molar-refractivity contribution in [2.45, 2.75) is 64.6 Å². The van der Waals surface area contributed by atoms with Crippen LogP contribution in [-0.2, 0) is 11.5 Å². The zero-order chi connectivity index (χ0) is 26.9. The van der Waals surface area contributed by atoms with E-state index in [4.69, 9.17) is 4.74 Å². The Hall–Kier alpha value is -3.07. The molecule has 1 saturated heterocycles. The summed E-state index contributed by atoms with van der Waals surface area (Å²) < 4.78 is 8.52. The van der Waals surface area contributed by atoms with E-state index in [-0.39, 0.29) is 5.91 Å². The van der Waals surface area contributed by atoms with Gasteiger partial charge in [0.05, 0.1) is 5.52 Å². The molecule has 5 rings (SSSR count). The molecule has 0 saturated carbocycles. The lowest BCUT2D eigenvalue weighted by Gasteiger charge is -2.33. The minimum absolute atomic E-state index is 0.176. The van der Waals surface area contributed by atoms with Gasteiger partial charge >= 0.3 is 0 Å². The Kier molecular flexibility index (Phi) is 7.65.